The fourth-order valence-corrected chi connectivity index (χ4v) is 2.94. The Morgan fingerprint density at radius 3 is 2.68 bits per heavy atom. The standard InChI is InChI=1S/C12H11BrClNO4/c13-9-3-6(14)1-2-8(9)11(17)15-5-7(16)4-10(15)12(18)19/h1-3,7,10,16H,4-5H2,(H,18,19)/t7?,10-/m0/s1. The predicted molar refractivity (Wildman–Crippen MR) is 72.2 cm³/mol. The maximum Gasteiger partial charge on any atom is 0.326 e. The number of β-amino-alcohol motifs (C(OH)–C–C–N with tert-alkyl or cyclic N) is 1. The highest BCUT2D eigenvalue weighted by molar-refractivity contribution is 9.10. The topological polar surface area (TPSA) is 77.8 Å². The molecule has 0 spiro atoms. The van der Waals surface area contributed by atoms with Crippen LogP contribution >= 0.6 is 27.5 Å². The lowest BCUT2D eigenvalue weighted by Gasteiger charge is -2.21. The summed E-state index contributed by atoms with van der Waals surface area (Å²) in [6, 6.07) is 3.65. The number of amides is 1. The smallest absolute Gasteiger partial charge is 0.326 e. The van der Waals surface area contributed by atoms with Crippen molar-refractivity contribution in [3.63, 3.8) is 0 Å². The summed E-state index contributed by atoms with van der Waals surface area (Å²) in [5.41, 5.74) is 0.324. The number of halogens is 2. The van der Waals surface area contributed by atoms with E-state index in [-0.39, 0.29) is 13.0 Å². The number of benzene rings is 1. The van der Waals surface area contributed by atoms with Crippen molar-refractivity contribution in [3.8, 4) is 0 Å². The van der Waals surface area contributed by atoms with E-state index in [1.165, 1.54) is 11.0 Å². The molecule has 1 fully saturated rings. The van der Waals surface area contributed by atoms with Crippen LogP contribution in [0.2, 0.25) is 5.02 Å². The van der Waals surface area contributed by atoms with Crippen LogP contribution in [0.3, 0.4) is 0 Å². The number of hydrogen-bond donors (Lipinski definition) is 2. The Balaban J connectivity index is 2.30. The maximum atomic E-state index is 12.3. The third-order valence-corrected chi connectivity index (χ3v) is 3.88. The van der Waals surface area contributed by atoms with Crippen molar-refractivity contribution < 1.29 is 19.8 Å². The monoisotopic (exact) mass is 347 g/mol. The number of rotatable bonds is 2. The van der Waals surface area contributed by atoms with Crippen molar-refractivity contribution in [1.82, 2.24) is 4.90 Å². The number of aliphatic hydroxyl groups is 1. The molecule has 5 nitrogen and oxygen atoms in total. The van der Waals surface area contributed by atoms with Crippen LogP contribution in [-0.2, 0) is 4.79 Å². The fraction of sp³-hybridized carbons (Fsp3) is 0.333. The lowest BCUT2D eigenvalue weighted by atomic mass is 10.1. The molecule has 0 radical (unpaired) electrons. The summed E-state index contributed by atoms with van der Waals surface area (Å²) in [7, 11) is 0. The minimum Gasteiger partial charge on any atom is -0.480 e. The Morgan fingerprint density at radius 1 is 1.42 bits per heavy atom. The Bertz CT molecular complexity index is 536. The molecule has 1 aromatic carbocycles. The van der Waals surface area contributed by atoms with Crippen molar-refractivity contribution >= 4 is 39.4 Å². The molecule has 0 saturated carbocycles. The van der Waals surface area contributed by atoms with Gasteiger partial charge in [-0.1, -0.05) is 11.6 Å². The van der Waals surface area contributed by atoms with Gasteiger partial charge in [0.1, 0.15) is 6.04 Å². The summed E-state index contributed by atoms with van der Waals surface area (Å²) >= 11 is 9.02. The lowest BCUT2D eigenvalue weighted by Crippen LogP contribution is -2.40. The average molecular weight is 349 g/mol. The average Bonchev–Trinajstić information content (AvgIpc) is 2.70. The SMILES string of the molecule is O=C(O)[C@@H]1CC(O)CN1C(=O)c1ccc(Cl)cc1Br. The molecule has 1 aliphatic rings. The van der Waals surface area contributed by atoms with E-state index in [9.17, 15) is 14.7 Å². The molecule has 1 amide bonds. The number of carboxylic acid groups (broad SMARTS) is 1. The van der Waals surface area contributed by atoms with Gasteiger partial charge in [0.25, 0.3) is 5.91 Å². The van der Waals surface area contributed by atoms with Gasteiger partial charge in [-0.2, -0.15) is 0 Å². The summed E-state index contributed by atoms with van der Waals surface area (Å²) in [6.07, 6.45) is -0.761. The van der Waals surface area contributed by atoms with Crippen LogP contribution in [0.4, 0.5) is 0 Å². The number of aliphatic carboxylic acids is 1. The number of carboxylic acids is 1. The molecule has 0 aromatic heterocycles. The summed E-state index contributed by atoms with van der Waals surface area (Å²) < 4.78 is 0.496. The van der Waals surface area contributed by atoms with Crippen LogP contribution in [0.25, 0.3) is 0 Å². The molecule has 7 heteroatoms. The van der Waals surface area contributed by atoms with E-state index >= 15 is 0 Å². The van der Waals surface area contributed by atoms with Crippen molar-refractivity contribution in [2.24, 2.45) is 0 Å². The van der Waals surface area contributed by atoms with E-state index < -0.39 is 24.0 Å². The Morgan fingerprint density at radius 2 is 2.11 bits per heavy atom. The second-order valence-electron chi connectivity index (χ2n) is 4.33. The minimum absolute atomic E-state index is 0.0187. The van der Waals surface area contributed by atoms with Crippen molar-refractivity contribution in [1.29, 1.82) is 0 Å². The first-order valence-electron chi connectivity index (χ1n) is 5.57. The second kappa shape index (κ2) is 5.48. The Labute approximate surface area is 122 Å². The number of carbonyl (C=O) groups excluding carboxylic acids is 1. The van der Waals surface area contributed by atoms with Crippen LogP contribution in [0.15, 0.2) is 22.7 Å². The largest absolute Gasteiger partial charge is 0.480 e. The van der Waals surface area contributed by atoms with Gasteiger partial charge >= 0.3 is 5.97 Å². The lowest BCUT2D eigenvalue weighted by molar-refractivity contribution is -0.141. The fourth-order valence-electron chi connectivity index (χ4n) is 2.09. The molecule has 0 bridgehead atoms. The van der Waals surface area contributed by atoms with E-state index in [1.807, 2.05) is 0 Å². The van der Waals surface area contributed by atoms with Gasteiger partial charge in [0.2, 0.25) is 0 Å². The van der Waals surface area contributed by atoms with Crippen LogP contribution in [0, 0.1) is 0 Å². The van der Waals surface area contributed by atoms with Gasteiger partial charge in [0.15, 0.2) is 0 Å². The highest BCUT2D eigenvalue weighted by atomic mass is 79.9. The second-order valence-corrected chi connectivity index (χ2v) is 5.62. The van der Waals surface area contributed by atoms with Crippen LogP contribution in [-0.4, -0.2) is 45.7 Å². The highest BCUT2D eigenvalue weighted by Gasteiger charge is 2.39. The normalized spacial score (nSPS) is 22.6. The first-order valence-corrected chi connectivity index (χ1v) is 6.74. The molecule has 2 atom stereocenters. The summed E-state index contributed by atoms with van der Waals surface area (Å²) in [6.45, 7) is 0.0187. The third kappa shape index (κ3) is 2.91. The van der Waals surface area contributed by atoms with Crippen LogP contribution in [0.5, 0.6) is 0 Å². The molecule has 1 heterocycles. The zero-order valence-electron chi connectivity index (χ0n) is 9.72. The van der Waals surface area contributed by atoms with Gasteiger partial charge in [0, 0.05) is 22.5 Å². The van der Waals surface area contributed by atoms with E-state index in [2.05, 4.69) is 15.9 Å². The molecule has 1 saturated heterocycles. The summed E-state index contributed by atoms with van der Waals surface area (Å²) in [5.74, 6) is -1.55. The van der Waals surface area contributed by atoms with Crippen molar-refractivity contribution in [2.75, 3.05) is 6.54 Å². The number of likely N-dealkylation sites (tertiary alicyclic amines) is 1. The van der Waals surface area contributed by atoms with Crippen molar-refractivity contribution in [2.45, 2.75) is 18.6 Å². The predicted octanol–water partition coefficient (Wildman–Crippen LogP) is 1.76. The maximum absolute atomic E-state index is 12.3. The number of hydrogen-bond acceptors (Lipinski definition) is 3. The molecular formula is C12H11BrClNO4. The van der Waals surface area contributed by atoms with E-state index in [0.29, 0.717) is 15.1 Å². The molecule has 1 aliphatic heterocycles. The van der Waals surface area contributed by atoms with Gasteiger partial charge in [-0.15, -0.1) is 0 Å². The van der Waals surface area contributed by atoms with Crippen LogP contribution < -0.4 is 0 Å². The molecule has 19 heavy (non-hydrogen) atoms. The molecule has 1 unspecified atom stereocenters. The molecule has 102 valence electrons. The number of carbonyl (C=O) groups is 2. The molecule has 0 aliphatic carbocycles. The summed E-state index contributed by atoms with van der Waals surface area (Å²) in [4.78, 5) is 24.6. The molecule has 2 N–H and O–H groups in total. The molecular weight excluding hydrogens is 337 g/mol. The third-order valence-electron chi connectivity index (χ3n) is 2.99. The zero-order valence-corrected chi connectivity index (χ0v) is 12.1. The van der Waals surface area contributed by atoms with E-state index in [4.69, 9.17) is 16.7 Å². The highest BCUT2D eigenvalue weighted by Crippen LogP contribution is 2.26. The first-order chi connectivity index (χ1) is 8.90. The summed E-state index contributed by atoms with van der Waals surface area (Å²) in [5, 5.41) is 19.1. The Hall–Kier alpha value is -1.11. The van der Waals surface area contributed by atoms with Gasteiger partial charge < -0.3 is 15.1 Å². The molecule has 2 rings (SSSR count). The van der Waals surface area contributed by atoms with Gasteiger partial charge in [0.05, 0.1) is 11.7 Å². The van der Waals surface area contributed by atoms with Crippen LogP contribution in [0.1, 0.15) is 16.8 Å². The van der Waals surface area contributed by atoms with Crippen molar-refractivity contribution in [3.05, 3.63) is 33.3 Å². The number of aliphatic hydroxyl groups excluding tert-OH is 1. The van der Waals surface area contributed by atoms with Gasteiger partial charge in [-0.25, -0.2) is 4.79 Å². The quantitative estimate of drug-likeness (QED) is 0.854. The van der Waals surface area contributed by atoms with E-state index in [0.717, 1.165) is 0 Å². The van der Waals surface area contributed by atoms with E-state index in [1.54, 1.807) is 12.1 Å². The molecule has 1 aromatic rings. The minimum atomic E-state index is -1.12. The van der Waals surface area contributed by atoms with Gasteiger partial charge in [-0.05, 0) is 34.1 Å². The van der Waals surface area contributed by atoms with Gasteiger partial charge in [-0.3, -0.25) is 4.79 Å². The Kier molecular flexibility index (Phi) is 4.13. The number of nitrogens with zero attached hydrogens (tertiary/aromatic N) is 1. The zero-order chi connectivity index (χ0) is 14.2. The first kappa shape index (κ1) is 14.3.